The molecule has 23 heavy (non-hydrogen) atoms. The number of benzene rings is 2. The van der Waals surface area contributed by atoms with Crippen molar-refractivity contribution in [3.63, 3.8) is 0 Å². The smallest absolute Gasteiger partial charge is 0.231 e. The van der Waals surface area contributed by atoms with Gasteiger partial charge in [-0.2, -0.15) is 0 Å². The highest BCUT2D eigenvalue weighted by Crippen LogP contribution is 2.38. The number of aromatic nitrogens is 1. The van der Waals surface area contributed by atoms with Crippen LogP contribution in [0.15, 0.2) is 42.6 Å². The molecule has 114 valence electrons. The van der Waals surface area contributed by atoms with E-state index in [1.807, 2.05) is 49.5 Å². The number of methoxy groups -OCH3 is 1. The van der Waals surface area contributed by atoms with Gasteiger partial charge in [0.1, 0.15) is 5.75 Å². The molecule has 0 atom stereocenters. The Hall–Kier alpha value is -3.06. The molecule has 4 nitrogen and oxygen atoms in total. The highest BCUT2D eigenvalue weighted by atomic mass is 16.7. The minimum atomic E-state index is 0.263. The first-order chi connectivity index (χ1) is 11.3. The van der Waals surface area contributed by atoms with Gasteiger partial charge in [-0.15, -0.1) is 5.92 Å². The van der Waals surface area contributed by atoms with Crippen LogP contribution in [0, 0.1) is 11.8 Å². The Labute approximate surface area is 134 Å². The van der Waals surface area contributed by atoms with Crippen LogP contribution < -0.4 is 14.2 Å². The summed E-state index contributed by atoms with van der Waals surface area (Å²) in [5.41, 5.74) is 3.05. The largest absolute Gasteiger partial charge is 0.497 e. The van der Waals surface area contributed by atoms with Gasteiger partial charge in [-0.3, -0.25) is 0 Å². The van der Waals surface area contributed by atoms with Crippen molar-refractivity contribution in [2.45, 2.75) is 6.92 Å². The minimum absolute atomic E-state index is 0.263. The first kappa shape index (κ1) is 13.6. The van der Waals surface area contributed by atoms with Crippen molar-refractivity contribution in [1.29, 1.82) is 0 Å². The van der Waals surface area contributed by atoms with E-state index >= 15 is 0 Å². The fourth-order valence-corrected chi connectivity index (χ4v) is 2.81. The van der Waals surface area contributed by atoms with Gasteiger partial charge in [0, 0.05) is 23.3 Å². The molecule has 0 fully saturated rings. The maximum atomic E-state index is 5.51. The molecule has 0 radical (unpaired) electrons. The lowest BCUT2D eigenvalue weighted by atomic mass is 10.1. The van der Waals surface area contributed by atoms with Gasteiger partial charge < -0.3 is 18.8 Å². The molecule has 0 N–H and O–H groups in total. The average Bonchev–Trinajstić information content (AvgIpc) is 3.18. The standard InChI is InChI=1S/C19H15NO3/c1-3-4-13-11-20(14-5-7-15(21-2)8-6-14)17-10-19-18(9-16(13)17)22-12-23-19/h5-11H,12H2,1-2H3. The van der Waals surface area contributed by atoms with E-state index in [1.165, 1.54) is 0 Å². The molecule has 4 rings (SSSR count). The van der Waals surface area contributed by atoms with E-state index in [0.29, 0.717) is 0 Å². The predicted molar refractivity (Wildman–Crippen MR) is 88.5 cm³/mol. The summed E-state index contributed by atoms with van der Waals surface area (Å²) in [6.45, 7) is 2.10. The van der Waals surface area contributed by atoms with Crippen LogP contribution >= 0.6 is 0 Å². The molecule has 0 aliphatic carbocycles. The van der Waals surface area contributed by atoms with E-state index < -0.39 is 0 Å². The van der Waals surface area contributed by atoms with Crippen LogP contribution in [0.1, 0.15) is 12.5 Å². The molecule has 0 bridgehead atoms. The molecular formula is C19H15NO3. The summed E-state index contributed by atoms with van der Waals surface area (Å²) in [6.07, 6.45) is 2.04. The average molecular weight is 305 g/mol. The van der Waals surface area contributed by atoms with E-state index in [0.717, 1.165) is 39.4 Å². The van der Waals surface area contributed by atoms with Crippen LogP contribution in [0.25, 0.3) is 16.6 Å². The van der Waals surface area contributed by atoms with Crippen LogP contribution in [0.4, 0.5) is 0 Å². The number of hydrogen-bond donors (Lipinski definition) is 0. The van der Waals surface area contributed by atoms with Gasteiger partial charge in [-0.1, -0.05) is 5.92 Å². The number of fused-ring (bicyclic) bond motifs is 2. The monoisotopic (exact) mass is 305 g/mol. The lowest BCUT2D eigenvalue weighted by Gasteiger charge is -2.07. The third-order valence-electron chi connectivity index (χ3n) is 3.91. The van der Waals surface area contributed by atoms with Crippen molar-refractivity contribution in [2.24, 2.45) is 0 Å². The summed E-state index contributed by atoms with van der Waals surface area (Å²) in [4.78, 5) is 0. The van der Waals surface area contributed by atoms with Gasteiger partial charge in [0.15, 0.2) is 11.5 Å². The Morgan fingerprint density at radius 3 is 2.52 bits per heavy atom. The molecule has 2 heterocycles. The fourth-order valence-electron chi connectivity index (χ4n) is 2.81. The quantitative estimate of drug-likeness (QED) is 0.676. The lowest BCUT2D eigenvalue weighted by molar-refractivity contribution is 0.174. The number of hydrogen-bond acceptors (Lipinski definition) is 3. The number of ether oxygens (including phenoxy) is 3. The highest BCUT2D eigenvalue weighted by Gasteiger charge is 2.18. The summed E-state index contributed by atoms with van der Waals surface area (Å²) in [5.74, 6) is 8.50. The van der Waals surface area contributed by atoms with Gasteiger partial charge in [-0.25, -0.2) is 0 Å². The first-order valence-corrected chi connectivity index (χ1v) is 7.32. The molecule has 0 saturated heterocycles. The van der Waals surface area contributed by atoms with Gasteiger partial charge >= 0.3 is 0 Å². The Balaban J connectivity index is 1.95. The molecule has 3 aromatic rings. The maximum Gasteiger partial charge on any atom is 0.231 e. The van der Waals surface area contributed by atoms with E-state index in [-0.39, 0.29) is 6.79 Å². The maximum absolute atomic E-state index is 5.51. The highest BCUT2D eigenvalue weighted by molar-refractivity contribution is 5.91. The normalized spacial score (nSPS) is 12.1. The molecule has 1 aliphatic heterocycles. The second-order valence-corrected chi connectivity index (χ2v) is 5.21. The Morgan fingerprint density at radius 2 is 1.83 bits per heavy atom. The van der Waals surface area contributed by atoms with Crippen molar-refractivity contribution in [2.75, 3.05) is 13.9 Å². The second kappa shape index (κ2) is 5.29. The van der Waals surface area contributed by atoms with Gasteiger partial charge in [0.05, 0.1) is 18.2 Å². The van der Waals surface area contributed by atoms with E-state index in [1.54, 1.807) is 7.11 Å². The van der Waals surface area contributed by atoms with Crippen molar-refractivity contribution < 1.29 is 14.2 Å². The summed E-state index contributed by atoms with van der Waals surface area (Å²) < 4.78 is 18.3. The molecular weight excluding hydrogens is 290 g/mol. The van der Waals surface area contributed by atoms with E-state index in [4.69, 9.17) is 14.2 Å². The fraction of sp³-hybridized carbons (Fsp3) is 0.158. The third-order valence-corrected chi connectivity index (χ3v) is 3.91. The first-order valence-electron chi connectivity index (χ1n) is 7.32. The molecule has 0 saturated carbocycles. The molecule has 4 heteroatoms. The van der Waals surface area contributed by atoms with E-state index in [9.17, 15) is 0 Å². The van der Waals surface area contributed by atoms with Crippen molar-refractivity contribution >= 4 is 10.9 Å². The molecule has 1 aliphatic rings. The topological polar surface area (TPSA) is 32.6 Å². The zero-order chi connectivity index (χ0) is 15.8. The van der Waals surface area contributed by atoms with Crippen LogP contribution in [-0.4, -0.2) is 18.5 Å². The third kappa shape index (κ3) is 2.18. The molecule has 0 amide bonds. The summed E-state index contributed by atoms with van der Waals surface area (Å²) in [5, 5.41) is 1.06. The molecule has 1 aromatic heterocycles. The van der Waals surface area contributed by atoms with Crippen LogP contribution in [0.2, 0.25) is 0 Å². The minimum Gasteiger partial charge on any atom is -0.497 e. The predicted octanol–water partition coefficient (Wildman–Crippen LogP) is 3.74. The summed E-state index contributed by atoms with van der Waals surface area (Å²) in [6, 6.07) is 11.9. The van der Waals surface area contributed by atoms with Crippen LogP contribution in [0.3, 0.4) is 0 Å². The second-order valence-electron chi connectivity index (χ2n) is 5.21. The summed E-state index contributed by atoms with van der Waals surface area (Å²) >= 11 is 0. The van der Waals surface area contributed by atoms with Gasteiger partial charge in [0.2, 0.25) is 6.79 Å². The van der Waals surface area contributed by atoms with E-state index in [2.05, 4.69) is 16.4 Å². The van der Waals surface area contributed by atoms with Crippen LogP contribution in [0.5, 0.6) is 17.2 Å². The SMILES string of the molecule is CC#Cc1cn(-c2ccc(OC)cc2)c2cc3c(cc12)OCO3. The molecule has 0 unspecified atom stereocenters. The van der Waals surface area contributed by atoms with Crippen LogP contribution in [-0.2, 0) is 0 Å². The molecule has 2 aromatic carbocycles. The number of nitrogens with zero attached hydrogens (tertiary/aromatic N) is 1. The van der Waals surface area contributed by atoms with Gasteiger partial charge in [0.25, 0.3) is 0 Å². The summed E-state index contributed by atoms with van der Waals surface area (Å²) in [7, 11) is 1.66. The van der Waals surface area contributed by atoms with Crippen molar-refractivity contribution in [3.05, 3.63) is 48.2 Å². The van der Waals surface area contributed by atoms with Crippen molar-refractivity contribution in [1.82, 2.24) is 4.57 Å². The Morgan fingerprint density at radius 1 is 1.09 bits per heavy atom. The van der Waals surface area contributed by atoms with Crippen molar-refractivity contribution in [3.8, 4) is 34.8 Å². The molecule has 0 spiro atoms. The zero-order valence-electron chi connectivity index (χ0n) is 12.9. The Kier molecular flexibility index (Phi) is 3.13. The van der Waals surface area contributed by atoms with Gasteiger partial charge in [-0.05, 0) is 37.3 Å². The zero-order valence-corrected chi connectivity index (χ0v) is 12.9. The Bertz CT molecular complexity index is 943. The number of rotatable bonds is 2. The lowest BCUT2D eigenvalue weighted by Crippen LogP contribution is -1.93.